The van der Waals surface area contributed by atoms with Crippen molar-refractivity contribution in [3.05, 3.63) is 46.7 Å². The second-order valence-corrected chi connectivity index (χ2v) is 7.27. The fourth-order valence-corrected chi connectivity index (χ4v) is 3.31. The molecule has 1 aromatic carbocycles. The Labute approximate surface area is 133 Å². The SMILES string of the molecule is CC(C)CCCC(C)NCc1cc(-c2ccccc2)cs1. The highest BCUT2D eigenvalue weighted by molar-refractivity contribution is 7.10. The van der Waals surface area contributed by atoms with E-state index in [2.05, 4.69) is 67.9 Å². The van der Waals surface area contributed by atoms with Crippen molar-refractivity contribution < 1.29 is 0 Å². The van der Waals surface area contributed by atoms with Crippen molar-refractivity contribution in [3.8, 4) is 11.1 Å². The van der Waals surface area contributed by atoms with Gasteiger partial charge in [0.15, 0.2) is 0 Å². The summed E-state index contributed by atoms with van der Waals surface area (Å²) in [5, 5.41) is 5.91. The standard InChI is InChI=1S/C19H27NS/c1-15(2)8-7-9-16(3)20-13-19-12-18(14-21-19)17-10-5-4-6-11-17/h4-6,10-12,14-16,20H,7-9,13H2,1-3H3. The van der Waals surface area contributed by atoms with Crippen molar-refractivity contribution in [2.75, 3.05) is 0 Å². The van der Waals surface area contributed by atoms with E-state index in [-0.39, 0.29) is 0 Å². The molecular weight excluding hydrogens is 274 g/mol. The fourth-order valence-electron chi connectivity index (χ4n) is 2.46. The maximum Gasteiger partial charge on any atom is 0.0302 e. The highest BCUT2D eigenvalue weighted by atomic mass is 32.1. The number of benzene rings is 1. The van der Waals surface area contributed by atoms with Crippen molar-refractivity contribution in [2.24, 2.45) is 5.92 Å². The summed E-state index contributed by atoms with van der Waals surface area (Å²) in [6, 6.07) is 13.5. The van der Waals surface area contributed by atoms with Gasteiger partial charge in [0.05, 0.1) is 0 Å². The van der Waals surface area contributed by atoms with E-state index >= 15 is 0 Å². The van der Waals surface area contributed by atoms with Gasteiger partial charge in [-0.2, -0.15) is 0 Å². The van der Waals surface area contributed by atoms with Gasteiger partial charge in [0.2, 0.25) is 0 Å². The van der Waals surface area contributed by atoms with Crippen LogP contribution in [0.3, 0.4) is 0 Å². The first-order valence-electron chi connectivity index (χ1n) is 8.01. The van der Waals surface area contributed by atoms with Crippen molar-refractivity contribution in [1.82, 2.24) is 5.32 Å². The minimum absolute atomic E-state index is 0.603. The molecule has 0 amide bonds. The summed E-state index contributed by atoms with van der Waals surface area (Å²) in [7, 11) is 0. The van der Waals surface area contributed by atoms with Crippen LogP contribution in [0.15, 0.2) is 41.8 Å². The number of hydrogen-bond donors (Lipinski definition) is 1. The van der Waals surface area contributed by atoms with Gasteiger partial charge >= 0.3 is 0 Å². The molecule has 1 N–H and O–H groups in total. The number of thiophene rings is 1. The van der Waals surface area contributed by atoms with Crippen LogP contribution in [-0.4, -0.2) is 6.04 Å². The molecule has 0 saturated heterocycles. The van der Waals surface area contributed by atoms with E-state index in [0.717, 1.165) is 12.5 Å². The first kappa shape index (κ1) is 16.3. The van der Waals surface area contributed by atoms with Crippen molar-refractivity contribution >= 4 is 11.3 Å². The lowest BCUT2D eigenvalue weighted by Gasteiger charge is -2.13. The lowest BCUT2D eigenvalue weighted by Crippen LogP contribution is -2.24. The zero-order chi connectivity index (χ0) is 15.1. The molecule has 1 aromatic heterocycles. The normalized spacial score (nSPS) is 12.8. The molecule has 0 radical (unpaired) electrons. The van der Waals surface area contributed by atoms with Crippen LogP contribution in [0.25, 0.3) is 11.1 Å². The maximum atomic E-state index is 3.65. The minimum atomic E-state index is 0.603. The molecule has 2 aromatic rings. The molecule has 0 aliphatic heterocycles. The Morgan fingerprint density at radius 2 is 1.76 bits per heavy atom. The lowest BCUT2D eigenvalue weighted by molar-refractivity contribution is 0.458. The molecule has 114 valence electrons. The van der Waals surface area contributed by atoms with E-state index in [0.29, 0.717) is 6.04 Å². The molecule has 0 aliphatic rings. The first-order chi connectivity index (χ1) is 10.1. The first-order valence-corrected chi connectivity index (χ1v) is 8.89. The number of rotatable bonds is 8. The van der Waals surface area contributed by atoms with Gasteiger partial charge in [-0.05, 0) is 41.8 Å². The third-order valence-electron chi connectivity index (χ3n) is 3.80. The molecule has 0 spiro atoms. The molecule has 0 saturated carbocycles. The second kappa shape index (κ2) is 8.35. The van der Waals surface area contributed by atoms with E-state index in [9.17, 15) is 0 Å². The average molecular weight is 301 g/mol. The summed E-state index contributed by atoms with van der Waals surface area (Å²) in [6.45, 7) is 7.89. The van der Waals surface area contributed by atoms with Crippen LogP contribution in [0.4, 0.5) is 0 Å². The van der Waals surface area contributed by atoms with Crippen molar-refractivity contribution in [1.29, 1.82) is 0 Å². The van der Waals surface area contributed by atoms with Crippen LogP contribution in [0, 0.1) is 5.92 Å². The summed E-state index contributed by atoms with van der Waals surface area (Å²) < 4.78 is 0. The monoisotopic (exact) mass is 301 g/mol. The van der Waals surface area contributed by atoms with Gasteiger partial charge in [0.25, 0.3) is 0 Å². The molecule has 1 heterocycles. The Balaban J connectivity index is 1.78. The van der Waals surface area contributed by atoms with Crippen LogP contribution in [0.2, 0.25) is 0 Å². The number of nitrogens with one attached hydrogen (secondary N) is 1. The van der Waals surface area contributed by atoms with Gasteiger partial charge < -0.3 is 5.32 Å². The molecule has 1 atom stereocenters. The zero-order valence-corrected chi connectivity index (χ0v) is 14.2. The Kier molecular flexibility index (Phi) is 6.47. The predicted octanol–water partition coefficient (Wildman–Crippen LogP) is 5.72. The Bertz CT molecular complexity index is 515. The summed E-state index contributed by atoms with van der Waals surface area (Å²) in [5.74, 6) is 0.822. The molecular formula is C19H27NS. The summed E-state index contributed by atoms with van der Waals surface area (Å²) in [6.07, 6.45) is 3.93. The lowest BCUT2D eigenvalue weighted by atomic mass is 10.0. The maximum absolute atomic E-state index is 3.65. The van der Waals surface area contributed by atoms with Crippen molar-refractivity contribution in [2.45, 2.75) is 52.6 Å². The van der Waals surface area contributed by atoms with Gasteiger partial charge in [0.1, 0.15) is 0 Å². The third kappa shape index (κ3) is 5.64. The van der Waals surface area contributed by atoms with Gasteiger partial charge in [-0.1, -0.05) is 57.0 Å². The molecule has 2 rings (SSSR count). The van der Waals surface area contributed by atoms with Crippen LogP contribution in [-0.2, 0) is 6.54 Å². The van der Waals surface area contributed by atoms with E-state index in [1.54, 1.807) is 0 Å². The van der Waals surface area contributed by atoms with Crippen LogP contribution >= 0.6 is 11.3 Å². The van der Waals surface area contributed by atoms with E-state index in [1.807, 2.05) is 11.3 Å². The predicted molar refractivity (Wildman–Crippen MR) is 94.7 cm³/mol. The third-order valence-corrected chi connectivity index (χ3v) is 4.74. The number of hydrogen-bond acceptors (Lipinski definition) is 2. The van der Waals surface area contributed by atoms with Gasteiger partial charge in [0, 0.05) is 17.5 Å². The Morgan fingerprint density at radius 1 is 1.00 bits per heavy atom. The quantitative estimate of drug-likeness (QED) is 0.657. The van der Waals surface area contributed by atoms with E-state index < -0.39 is 0 Å². The summed E-state index contributed by atoms with van der Waals surface area (Å²) in [5.41, 5.74) is 2.65. The van der Waals surface area contributed by atoms with Crippen LogP contribution in [0.1, 0.15) is 44.9 Å². The average Bonchev–Trinajstić information content (AvgIpc) is 2.94. The fraction of sp³-hybridized carbons (Fsp3) is 0.474. The van der Waals surface area contributed by atoms with Crippen LogP contribution in [0.5, 0.6) is 0 Å². The molecule has 1 unspecified atom stereocenters. The largest absolute Gasteiger partial charge is 0.309 e. The Hall–Kier alpha value is -1.12. The molecule has 0 aliphatic carbocycles. The van der Waals surface area contributed by atoms with E-state index in [4.69, 9.17) is 0 Å². The Morgan fingerprint density at radius 3 is 2.48 bits per heavy atom. The molecule has 2 heteroatoms. The second-order valence-electron chi connectivity index (χ2n) is 6.27. The molecule has 21 heavy (non-hydrogen) atoms. The van der Waals surface area contributed by atoms with Crippen molar-refractivity contribution in [3.63, 3.8) is 0 Å². The summed E-state index contributed by atoms with van der Waals surface area (Å²) in [4.78, 5) is 1.42. The summed E-state index contributed by atoms with van der Waals surface area (Å²) >= 11 is 1.85. The van der Waals surface area contributed by atoms with Gasteiger partial charge in [-0.3, -0.25) is 0 Å². The minimum Gasteiger partial charge on any atom is -0.309 e. The smallest absolute Gasteiger partial charge is 0.0302 e. The molecule has 0 fully saturated rings. The zero-order valence-electron chi connectivity index (χ0n) is 13.4. The van der Waals surface area contributed by atoms with Gasteiger partial charge in [-0.25, -0.2) is 0 Å². The van der Waals surface area contributed by atoms with Gasteiger partial charge in [-0.15, -0.1) is 11.3 Å². The highest BCUT2D eigenvalue weighted by Crippen LogP contribution is 2.25. The molecule has 0 bridgehead atoms. The topological polar surface area (TPSA) is 12.0 Å². The highest BCUT2D eigenvalue weighted by Gasteiger charge is 2.05. The van der Waals surface area contributed by atoms with Crippen LogP contribution < -0.4 is 5.32 Å². The molecule has 1 nitrogen and oxygen atoms in total. The van der Waals surface area contributed by atoms with E-state index in [1.165, 1.54) is 35.3 Å².